The van der Waals surface area contributed by atoms with E-state index in [0.29, 0.717) is 32.0 Å². The van der Waals surface area contributed by atoms with E-state index in [1.165, 1.54) is 6.92 Å². The Morgan fingerprint density at radius 2 is 1.85 bits per heavy atom. The molecule has 0 bridgehead atoms. The fraction of sp³-hybridized carbons (Fsp3) is 0.786. The number of carboxylic acid groups (broad SMARTS) is 1. The van der Waals surface area contributed by atoms with Crippen LogP contribution >= 0.6 is 0 Å². The van der Waals surface area contributed by atoms with Crippen molar-refractivity contribution >= 4 is 17.8 Å². The highest BCUT2D eigenvalue weighted by Crippen LogP contribution is 2.19. The summed E-state index contributed by atoms with van der Waals surface area (Å²) >= 11 is 0. The standard InChI is InChI=1S/C14H24N2O4/c1-10(8-14(19)20)7-13(18)16-5-3-12(4-6-16)9-15-11(2)17/h10,12H,3-9H2,1-2H3,(H,15,17)(H,19,20). The highest BCUT2D eigenvalue weighted by Gasteiger charge is 2.24. The van der Waals surface area contributed by atoms with E-state index in [9.17, 15) is 14.4 Å². The Morgan fingerprint density at radius 1 is 1.25 bits per heavy atom. The third kappa shape index (κ3) is 6.04. The molecule has 0 aliphatic carbocycles. The SMILES string of the molecule is CC(=O)NCC1CCN(C(=O)CC(C)CC(=O)O)CC1. The second kappa shape index (κ2) is 7.87. The minimum Gasteiger partial charge on any atom is -0.481 e. The average Bonchev–Trinajstić information content (AvgIpc) is 2.35. The Kier molecular flexibility index (Phi) is 6.48. The number of piperidine rings is 1. The molecule has 0 saturated carbocycles. The van der Waals surface area contributed by atoms with E-state index >= 15 is 0 Å². The van der Waals surface area contributed by atoms with Crippen LogP contribution in [0.25, 0.3) is 0 Å². The van der Waals surface area contributed by atoms with Crippen LogP contribution in [0.5, 0.6) is 0 Å². The Labute approximate surface area is 119 Å². The summed E-state index contributed by atoms with van der Waals surface area (Å²) in [6.45, 7) is 5.36. The first-order chi connectivity index (χ1) is 9.38. The fourth-order valence-electron chi connectivity index (χ4n) is 2.47. The highest BCUT2D eigenvalue weighted by molar-refractivity contribution is 5.77. The zero-order valence-electron chi connectivity index (χ0n) is 12.2. The molecule has 0 radical (unpaired) electrons. The Bertz CT molecular complexity index is 362. The summed E-state index contributed by atoms with van der Waals surface area (Å²) in [7, 11) is 0. The van der Waals surface area contributed by atoms with E-state index in [1.54, 1.807) is 6.92 Å². The summed E-state index contributed by atoms with van der Waals surface area (Å²) < 4.78 is 0. The van der Waals surface area contributed by atoms with E-state index in [0.717, 1.165) is 12.8 Å². The zero-order chi connectivity index (χ0) is 15.1. The quantitative estimate of drug-likeness (QED) is 0.757. The van der Waals surface area contributed by atoms with Gasteiger partial charge in [0.15, 0.2) is 0 Å². The van der Waals surface area contributed by atoms with Crippen molar-refractivity contribution in [2.75, 3.05) is 19.6 Å². The van der Waals surface area contributed by atoms with Crippen molar-refractivity contribution in [3.8, 4) is 0 Å². The van der Waals surface area contributed by atoms with Gasteiger partial charge in [0.2, 0.25) is 11.8 Å². The summed E-state index contributed by atoms with van der Waals surface area (Å²) in [4.78, 5) is 35.3. The van der Waals surface area contributed by atoms with Crippen molar-refractivity contribution in [2.24, 2.45) is 11.8 Å². The maximum atomic E-state index is 12.0. The van der Waals surface area contributed by atoms with Crippen LogP contribution in [0.1, 0.15) is 39.5 Å². The number of hydrogen-bond donors (Lipinski definition) is 2. The van der Waals surface area contributed by atoms with Crippen LogP contribution < -0.4 is 5.32 Å². The Hall–Kier alpha value is -1.59. The third-order valence-corrected chi connectivity index (χ3v) is 3.65. The molecule has 1 unspecified atom stereocenters. The van der Waals surface area contributed by atoms with Crippen molar-refractivity contribution in [1.82, 2.24) is 10.2 Å². The Morgan fingerprint density at radius 3 is 2.35 bits per heavy atom. The summed E-state index contributed by atoms with van der Waals surface area (Å²) in [6.07, 6.45) is 2.10. The summed E-state index contributed by atoms with van der Waals surface area (Å²) in [5.74, 6) is -0.543. The van der Waals surface area contributed by atoms with Gasteiger partial charge in [0.05, 0.1) is 0 Å². The minimum atomic E-state index is -0.862. The van der Waals surface area contributed by atoms with Gasteiger partial charge in [-0.15, -0.1) is 0 Å². The van der Waals surface area contributed by atoms with Gasteiger partial charge in [0.1, 0.15) is 0 Å². The molecule has 6 heteroatoms. The monoisotopic (exact) mass is 284 g/mol. The van der Waals surface area contributed by atoms with Crippen molar-refractivity contribution in [3.63, 3.8) is 0 Å². The summed E-state index contributed by atoms with van der Waals surface area (Å²) in [5.41, 5.74) is 0. The number of nitrogens with one attached hydrogen (secondary N) is 1. The molecule has 1 fully saturated rings. The molecule has 1 rings (SSSR count). The molecule has 1 saturated heterocycles. The second-order valence-corrected chi connectivity index (χ2v) is 5.67. The fourth-order valence-corrected chi connectivity index (χ4v) is 2.47. The number of likely N-dealkylation sites (tertiary alicyclic amines) is 1. The van der Waals surface area contributed by atoms with E-state index in [4.69, 9.17) is 5.11 Å². The van der Waals surface area contributed by atoms with Gasteiger partial charge in [-0.3, -0.25) is 14.4 Å². The predicted molar refractivity (Wildman–Crippen MR) is 74.0 cm³/mol. The molecule has 0 aromatic carbocycles. The molecular weight excluding hydrogens is 260 g/mol. The first-order valence-electron chi connectivity index (χ1n) is 7.12. The first kappa shape index (κ1) is 16.5. The normalized spacial score (nSPS) is 17.6. The molecule has 1 aliphatic heterocycles. The summed E-state index contributed by atoms with van der Waals surface area (Å²) in [6, 6.07) is 0. The van der Waals surface area contributed by atoms with E-state index in [-0.39, 0.29) is 24.2 Å². The molecule has 1 atom stereocenters. The topological polar surface area (TPSA) is 86.7 Å². The highest BCUT2D eigenvalue weighted by atomic mass is 16.4. The number of carbonyl (C=O) groups excluding carboxylic acids is 2. The third-order valence-electron chi connectivity index (χ3n) is 3.65. The van der Waals surface area contributed by atoms with Crippen LogP contribution in [0.3, 0.4) is 0 Å². The van der Waals surface area contributed by atoms with Crippen molar-refractivity contribution in [1.29, 1.82) is 0 Å². The number of aliphatic carboxylic acids is 1. The van der Waals surface area contributed by atoms with Gasteiger partial charge in [-0.1, -0.05) is 6.92 Å². The Balaban J connectivity index is 2.28. The molecule has 1 heterocycles. The van der Waals surface area contributed by atoms with Crippen LogP contribution in [0, 0.1) is 11.8 Å². The van der Waals surface area contributed by atoms with E-state index in [1.807, 2.05) is 4.90 Å². The minimum absolute atomic E-state index is 0.0222. The van der Waals surface area contributed by atoms with Gasteiger partial charge in [-0.05, 0) is 24.7 Å². The number of amides is 2. The van der Waals surface area contributed by atoms with Gasteiger partial charge in [-0.2, -0.15) is 0 Å². The molecule has 2 amide bonds. The average molecular weight is 284 g/mol. The number of carbonyl (C=O) groups is 3. The van der Waals surface area contributed by atoms with Crippen molar-refractivity contribution in [2.45, 2.75) is 39.5 Å². The van der Waals surface area contributed by atoms with Crippen LogP contribution in [-0.4, -0.2) is 47.4 Å². The number of nitrogens with zero attached hydrogens (tertiary/aromatic N) is 1. The van der Waals surface area contributed by atoms with Crippen LogP contribution in [0.2, 0.25) is 0 Å². The molecule has 6 nitrogen and oxygen atoms in total. The van der Waals surface area contributed by atoms with Gasteiger partial charge in [0.25, 0.3) is 0 Å². The van der Waals surface area contributed by atoms with Crippen LogP contribution in [0.15, 0.2) is 0 Å². The molecule has 0 aromatic heterocycles. The summed E-state index contributed by atoms with van der Waals surface area (Å²) in [5, 5.41) is 11.5. The number of carboxylic acids is 1. The first-order valence-corrected chi connectivity index (χ1v) is 7.12. The lowest BCUT2D eigenvalue weighted by Crippen LogP contribution is -2.41. The zero-order valence-corrected chi connectivity index (χ0v) is 12.2. The lowest BCUT2D eigenvalue weighted by molar-refractivity contribution is -0.139. The van der Waals surface area contributed by atoms with Gasteiger partial charge in [0, 0.05) is 39.4 Å². The maximum Gasteiger partial charge on any atom is 0.303 e. The maximum absolute atomic E-state index is 12.0. The van der Waals surface area contributed by atoms with Gasteiger partial charge in [-0.25, -0.2) is 0 Å². The molecule has 20 heavy (non-hydrogen) atoms. The van der Waals surface area contributed by atoms with E-state index in [2.05, 4.69) is 5.32 Å². The smallest absolute Gasteiger partial charge is 0.303 e. The number of rotatable bonds is 6. The molecule has 2 N–H and O–H groups in total. The molecule has 0 aromatic rings. The van der Waals surface area contributed by atoms with Gasteiger partial charge >= 0.3 is 5.97 Å². The van der Waals surface area contributed by atoms with Crippen LogP contribution in [0.4, 0.5) is 0 Å². The molecule has 1 aliphatic rings. The molecule has 0 spiro atoms. The lowest BCUT2D eigenvalue weighted by atomic mass is 9.95. The largest absolute Gasteiger partial charge is 0.481 e. The molecule has 114 valence electrons. The second-order valence-electron chi connectivity index (χ2n) is 5.67. The molecular formula is C14H24N2O4. The van der Waals surface area contributed by atoms with Crippen molar-refractivity contribution in [3.05, 3.63) is 0 Å². The van der Waals surface area contributed by atoms with Gasteiger partial charge < -0.3 is 15.3 Å². The number of hydrogen-bond acceptors (Lipinski definition) is 3. The van der Waals surface area contributed by atoms with Crippen molar-refractivity contribution < 1.29 is 19.5 Å². The van der Waals surface area contributed by atoms with Crippen LogP contribution in [-0.2, 0) is 14.4 Å². The predicted octanol–water partition coefficient (Wildman–Crippen LogP) is 0.862. The lowest BCUT2D eigenvalue weighted by Gasteiger charge is -2.32. The van der Waals surface area contributed by atoms with E-state index < -0.39 is 5.97 Å².